The van der Waals surface area contributed by atoms with E-state index >= 15 is 0 Å². The van der Waals surface area contributed by atoms with Crippen LogP contribution in [0, 0.1) is 6.92 Å². The highest BCUT2D eigenvalue weighted by molar-refractivity contribution is 8.00. The number of carbonyl (C=O) groups excluding carboxylic acids is 1. The van der Waals surface area contributed by atoms with Gasteiger partial charge in [0, 0.05) is 30.6 Å². The van der Waals surface area contributed by atoms with Crippen LogP contribution in [0.15, 0.2) is 12.1 Å². The minimum Gasteiger partial charge on any atom is -0.535 e. The number of Topliss-reactive ketones (excluding diaryl/α,β-unsaturated/α-hetero) is 1. The predicted octanol–water partition coefficient (Wildman–Crippen LogP) is 1.14. The van der Waals surface area contributed by atoms with Crippen LogP contribution in [0.2, 0.25) is 5.82 Å². The Hall–Kier alpha value is -1.51. The summed E-state index contributed by atoms with van der Waals surface area (Å²) >= 11 is 1.64. The first-order chi connectivity index (χ1) is 11.5. The number of carboxylic acid groups (broad SMARTS) is 1. The molecule has 6 nitrogen and oxygen atoms in total. The van der Waals surface area contributed by atoms with E-state index in [1.165, 1.54) is 0 Å². The molecule has 0 aliphatic carbocycles. The van der Waals surface area contributed by atoms with Crippen molar-refractivity contribution in [2.45, 2.75) is 30.8 Å². The van der Waals surface area contributed by atoms with Crippen molar-refractivity contribution in [3.05, 3.63) is 28.8 Å². The second kappa shape index (κ2) is 7.17. The number of nitrogens with one attached hydrogen (secondary N) is 1. The first kappa shape index (κ1) is 17.3. The molecule has 0 amide bonds. The summed E-state index contributed by atoms with van der Waals surface area (Å²) < 4.78 is 5.48. The van der Waals surface area contributed by atoms with E-state index in [4.69, 9.17) is 4.65 Å². The second-order valence-electron chi connectivity index (χ2n) is 6.36. The fourth-order valence-corrected chi connectivity index (χ4v) is 4.01. The van der Waals surface area contributed by atoms with Gasteiger partial charge in [-0.05, 0) is 24.5 Å². The lowest BCUT2D eigenvalue weighted by Gasteiger charge is -2.29. The monoisotopic (exact) mass is 349 g/mol. The molecule has 3 rings (SSSR count). The van der Waals surface area contributed by atoms with Gasteiger partial charge >= 0.3 is 13.1 Å². The van der Waals surface area contributed by atoms with Crippen LogP contribution in [0.25, 0.3) is 0 Å². The molecule has 1 aromatic rings. The Morgan fingerprint density at radius 1 is 1.42 bits per heavy atom. The van der Waals surface area contributed by atoms with Crippen LogP contribution < -0.4 is 9.97 Å². The summed E-state index contributed by atoms with van der Waals surface area (Å²) in [5.74, 6) is -0.648. The molecule has 0 bridgehead atoms. The Labute approximate surface area is 145 Å². The number of thioether (sulfide) groups is 1. The van der Waals surface area contributed by atoms with Crippen LogP contribution >= 0.6 is 11.8 Å². The molecular formula is C16H20BNO5S. The van der Waals surface area contributed by atoms with Crippen molar-refractivity contribution >= 4 is 30.6 Å². The third-order valence-corrected chi connectivity index (χ3v) is 5.79. The molecule has 2 aliphatic heterocycles. The highest BCUT2D eigenvalue weighted by Crippen LogP contribution is 2.37. The molecule has 2 aliphatic rings. The molecule has 1 fully saturated rings. The fourth-order valence-electron chi connectivity index (χ4n) is 3.00. The van der Waals surface area contributed by atoms with Gasteiger partial charge in [0.2, 0.25) is 0 Å². The topological polar surface area (TPSA) is 95.9 Å². The van der Waals surface area contributed by atoms with Gasteiger partial charge in [0.15, 0.2) is 0 Å². The summed E-state index contributed by atoms with van der Waals surface area (Å²) in [6.07, 6.45) is 0.683. The Bertz CT molecular complexity index is 664. The third kappa shape index (κ3) is 3.60. The van der Waals surface area contributed by atoms with E-state index in [9.17, 15) is 19.7 Å². The highest BCUT2D eigenvalue weighted by atomic mass is 32.2. The number of benzene rings is 1. The van der Waals surface area contributed by atoms with Crippen molar-refractivity contribution in [2.75, 3.05) is 18.8 Å². The summed E-state index contributed by atoms with van der Waals surface area (Å²) in [6, 6.07) is 3.55. The number of hydrogen-bond donors (Lipinski definition) is 3. The van der Waals surface area contributed by atoms with E-state index in [-0.39, 0.29) is 29.3 Å². The van der Waals surface area contributed by atoms with Crippen molar-refractivity contribution in [1.82, 2.24) is 5.32 Å². The molecule has 8 heteroatoms. The molecule has 0 spiro atoms. The number of carbonyl (C=O) groups is 2. The zero-order valence-electron chi connectivity index (χ0n) is 13.4. The van der Waals surface area contributed by atoms with E-state index in [1.807, 2.05) is 6.07 Å². The molecule has 0 radical (unpaired) electrons. The molecular weight excluding hydrogens is 329 g/mol. The highest BCUT2D eigenvalue weighted by Gasteiger charge is 2.38. The molecule has 1 saturated heterocycles. The molecule has 0 saturated carbocycles. The summed E-state index contributed by atoms with van der Waals surface area (Å²) in [5.41, 5.74) is 1.41. The largest absolute Gasteiger partial charge is 0.535 e. The van der Waals surface area contributed by atoms with Crippen molar-refractivity contribution in [1.29, 1.82) is 0 Å². The van der Waals surface area contributed by atoms with Crippen LogP contribution in [0.5, 0.6) is 5.75 Å². The van der Waals surface area contributed by atoms with E-state index in [2.05, 4.69) is 5.32 Å². The molecule has 0 aromatic heterocycles. The van der Waals surface area contributed by atoms with E-state index in [1.54, 1.807) is 24.8 Å². The van der Waals surface area contributed by atoms with Crippen molar-refractivity contribution in [2.24, 2.45) is 0 Å². The maximum atomic E-state index is 12.1. The first-order valence-electron chi connectivity index (χ1n) is 8.00. The van der Waals surface area contributed by atoms with E-state index < -0.39 is 13.1 Å². The van der Waals surface area contributed by atoms with Gasteiger partial charge < -0.3 is 20.1 Å². The Balaban J connectivity index is 1.67. The molecule has 128 valence electrons. The van der Waals surface area contributed by atoms with Gasteiger partial charge in [-0.3, -0.25) is 4.79 Å². The number of hydrogen-bond acceptors (Lipinski definition) is 6. The average molecular weight is 349 g/mol. The van der Waals surface area contributed by atoms with Crippen LogP contribution in [0.3, 0.4) is 0 Å². The molecule has 3 N–H and O–H groups in total. The van der Waals surface area contributed by atoms with Gasteiger partial charge in [-0.1, -0.05) is 12.1 Å². The fraction of sp³-hybridized carbons (Fsp3) is 0.500. The number of fused-ring (bicyclic) bond motifs is 1. The van der Waals surface area contributed by atoms with Gasteiger partial charge in [-0.2, -0.15) is 0 Å². The summed E-state index contributed by atoms with van der Waals surface area (Å²) in [4.78, 5) is 23.6. The first-order valence-corrected chi connectivity index (χ1v) is 9.05. The molecule has 0 unspecified atom stereocenters. The smallest absolute Gasteiger partial charge is 0.526 e. The second-order valence-corrected chi connectivity index (χ2v) is 7.65. The van der Waals surface area contributed by atoms with Crippen LogP contribution in [-0.4, -0.2) is 53.1 Å². The van der Waals surface area contributed by atoms with Crippen molar-refractivity contribution in [3.63, 3.8) is 0 Å². The quantitative estimate of drug-likeness (QED) is 0.663. The van der Waals surface area contributed by atoms with Crippen LogP contribution in [0.4, 0.5) is 0 Å². The maximum Gasteiger partial charge on any atom is 0.526 e. The van der Waals surface area contributed by atoms with Crippen molar-refractivity contribution < 1.29 is 24.4 Å². The number of rotatable bonds is 6. The number of aryl methyl sites for hydroxylation is 1. The Kier molecular flexibility index (Phi) is 5.17. The predicted molar refractivity (Wildman–Crippen MR) is 92.9 cm³/mol. The standard InChI is InChI=1S/C16H20BNO5S/c1-9-2-3-10-4-11(5-12(19)8-24-13-6-18-7-13)17(22)23-15(10)14(9)16(20)21/h2-3,11,13,18,22H,4-8H2,1H3,(H,20,21)/t11-/m1/s1. The van der Waals surface area contributed by atoms with E-state index in [0.717, 1.165) is 18.7 Å². The van der Waals surface area contributed by atoms with Gasteiger partial charge in [0.05, 0.1) is 5.75 Å². The molecule has 1 atom stereocenters. The lowest BCUT2D eigenvalue weighted by atomic mass is 9.64. The van der Waals surface area contributed by atoms with Crippen LogP contribution in [0.1, 0.15) is 27.9 Å². The van der Waals surface area contributed by atoms with Crippen molar-refractivity contribution in [3.8, 4) is 5.75 Å². The number of ketones is 1. The lowest BCUT2D eigenvalue weighted by molar-refractivity contribution is -0.116. The number of carboxylic acids is 1. The van der Waals surface area contributed by atoms with Gasteiger partial charge in [-0.15, -0.1) is 11.8 Å². The van der Waals surface area contributed by atoms with E-state index in [0.29, 0.717) is 23.0 Å². The Morgan fingerprint density at radius 2 is 2.17 bits per heavy atom. The summed E-state index contributed by atoms with van der Waals surface area (Å²) in [5, 5.41) is 23.2. The van der Waals surface area contributed by atoms with Crippen LogP contribution in [-0.2, 0) is 11.2 Å². The minimum atomic E-state index is -1.16. The van der Waals surface area contributed by atoms with Gasteiger partial charge in [0.25, 0.3) is 0 Å². The normalized spacial score (nSPS) is 20.1. The van der Waals surface area contributed by atoms with Gasteiger partial charge in [0.1, 0.15) is 17.1 Å². The third-order valence-electron chi connectivity index (χ3n) is 4.50. The molecule has 2 heterocycles. The molecule has 24 heavy (non-hydrogen) atoms. The van der Waals surface area contributed by atoms with Gasteiger partial charge in [-0.25, -0.2) is 4.79 Å². The average Bonchev–Trinajstić information content (AvgIpc) is 2.46. The molecule has 1 aromatic carbocycles. The maximum absolute atomic E-state index is 12.1. The zero-order chi connectivity index (χ0) is 17.3. The summed E-state index contributed by atoms with van der Waals surface area (Å²) in [7, 11) is -1.16. The summed E-state index contributed by atoms with van der Waals surface area (Å²) in [6.45, 7) is 3.58. The lowest BCUT2D eigenvalue weighted by Crippen LogP contribution is -2.45. The minimum absolute atomic E-state index is 0.0874. The Morgan fingerprint density at radius 3 is 2.79 bits per heavy atom. The SMILES string of the molecule is Cc1ccc2c(c1C(=O)O)OB(O)[C@@H](CC(=O)CSC1CNC1)C2. The number of aromatic carboxylic acids is 1. The zero-order valence-corrected chi connectivity index (χ0v) is 14.3.